The molecular weight excluding hydrogens is 1540 g/mol. The molecule has 15 amide bonds. The number of nitrogens with one attached hydrogen (secondary N) is 19. The zero-order valence-electron chi connectivity index (χ0n) is 69.4. The number of amides is 15. The second kappa shape index (κ2) is 59.8. The molecule has 0 aliphatic heterocycles. The van der Waals surface area contributed by atoms with Crippen LogP contribution < -0.4 is 147 Å². The van der Waals surface area contributed by atoms with E-state index in [1.807, 2.05) is 13.8 Å². The topological polar surface area (TPSA) is 773 Å². The highest BCUT2D eigenvalue weighted by Crippen LogP contribution is 2.14. The van der Waals surface area contributed by atoms with Gasteiger partial charge in [0, 0.05) is 31.8 Å². The summed E-state index contributed by atoms with van der Waals surface area (Å²) in [6, 6.07) is -14.9. The average Bonchev–Trinajstić information content (AvgIpc) is 1.08. The maximum absolute atomic E-state index is 14.9. The lowest BCUT2D eigenvalue weighted by atomic mass is 9.98. The van der Waals surface area contributed by atoms with Gasteiger partial charge in [0.05, 0.1) is 32.5 Å². The van der Waals surface area contributed by atoms with Gasteiger partial charge < -0.3 is 141 Å². The fourth-order valence-electron chi connectivity index (χ4n) is 11.7. The van der Waals surface area contributed by atoms with Crippen molar-refractivity contribution >= 4 is 94.6 Å². The number of aromatic amines is 1. The van der Waals surface area contributed by atoms with Crippen molar-refractivity contribution < 1.29 is 81.8 Å². The van der Waals surface area contributed by atoms with E-state index in [9.17, 15) is 81.8 Å². The molecule has 0 aliphatic rings. The monoisotopic (exact) mass is 1680 g/mol. The van der Waals surface area contributed by atoms with Gasteiger partial charge in [-0.3, -0.25) is 87.9 Å². The maximum Gasteiger partial charge on any atom is 0.326 e. The van der Waals surface area contributed by atoms with Crippen LogP contribution in [0.5, 0.6) is 0 Å². The lowest BCUT2D eigenvalue weighted by molar-refractivity contribution is -0.142. The van der Waals surface area contributed by atoms with E-state index in [1.54, 1.807) is 27.7 Å². The largest absolute Gasteiger partial charge is 0.480 e. The number of carbonyl (C=O) groups excluding carboxylic acids is 15. The minimum atomic E-state index is -1.57. The highest BCUT2D eigenvalue weighted by Gasteiger charge is 2.37. The number of carboxylic acid groups (broad SMARTS) is 1. The number of H-pyrrole nitrogens is 1. The standard InChI is InChI=1S/C72H137N29O17/c1-39(2)30-51(93-54(103)33-75)61(109)89-37-57(106)92-45(18-9-12-24-73)60(108)88-35-55(104)87-36-56(105)91-42(7)59(107)94-46(20-11-14-26-83-43(8)102)62(110)96-49(22-16-28-85-71(78)79)64(112)99-53(32-44-34-82-38-90-44)67(115)97-48(21-15-27-84-70(76)77)63(111)95-47(19-10-13-25-74)65(113)101-58(41(5)6)68(116)100-52(31-40(3)4)66(114)98-50(69(117)118)23-17-29-86-72(80)81/h34,38-42,45-53,58,70-72,84-86H,9-33,35-37,73-81H2,1-8H3,(H,82,90)(H,83,102)(H,87,104)(H,88,108)(H,89,109)(H,91,105)(H,92,106)(H,93,103)(H,94,107)(H,95,111)(H,96,110)(H,97,115)(H,98,114)(H,99,112)(H,100,116)(H,101,113)(H,117,118)/t42-,45-,46-,47-,48-,49-,50-,51-,52-,53-,58-/m0/s1. The molecule has 46 nitrogen and oxygen atoms in total. The third kappa shape index (κ3) is 47.6. The normalized spacial score (nSPS) is 14.2. The predicted molar refractivity (Wildman–Crippen MR) is 435 cm³/mol. The van der Waals surface area contributed by atoms with Gasteiger partial charge in [0.2, 0.25) is 88.6 Å². The number of nitrogens with zero attached hydrogens (tertiary/aromatic N) is 1. The lowest BCUT2D eigenvalue weighted by Crippen LogP contribution is -2.61. The summed E-state index contributed by atoms with van der Waals surface area (Å²) in [6.07, 6.45) is 2.04. The van der Waals surface area contributed by atoms with Gasteiger partial charge in [-0.05, 0) is 167 Å². The van der Waals surface area contributed by atoms with Crippen molar-refractivity contribution in [2.24, 2.45) is 69.4 Å². The molecule has 1 aromatic heterocycles. The van der Waals surface area contributed by atoms with E-state index in [0.29, 0.717) is 31.4 Å². The Bertz CT molecular complexity index is 3280. The second-order valence-corrected chi connectivity index (χ2v) is 29.9. The maximum atomic E-state index is 14.9. The summed E-state index contributed by atoms with van der Waals surface area (Å²) in [5.74, 6) is -14.1. The summed E-state index contributed by atoms with van der Waals surface area (Å²) >= 11 is 0. The van der Waals surface area contributed by atoms with Crippen LogP contribution in [0.4, 0.5) is 0 Å². The van der Waals surface area contributed by atoms with Crippen molar-refractivity contribution in [2.75, 3.05) is 65.4 Å². The Morgan fingerprint density at radius 1 is 0.373 bits per heavy atom. The van der Waals surface area contributed by atoms with E-state index in [2.05, 4.69) is 106 Å². The molecule has 0 unspecified atom stereocenters. The molecule has 672 valence electrons. The Morgan fingerprint density at radius 3 is 1.17 bits per heavy atom. The van der Waals surface area contributed by atoms with Gasteiger partial charge in [0.25, 0.3) is 0 Å². The minimum Gasteiger partial charge on any atom is -0.480 e. The smallest absolute Gasteiger partial charge is 0.326 e. The Kier molecular flexibility index (Phi) is 53.9. The molecule has 0 aromatic carbocycles. The van der Waals surface area contributed by atoms with Crippen molar-refractivity contribution in [2.45, 2.75) is 256 Å². The lowest BCUT2D eigenvalue weighted by Gasteiger charge is -2.29. The number of carboxylic acids is 1. The van der Waals surface area contributed by atoms with Crippen molar-refractivity contribution in [3.8, 4) is 0 Å². The number of rotatable bonds is 64. The van der Waals surface area contributed by atoms with Gasteiger partial charge in [-0.1, -0.05) is 41.5 Å². The SMILES string of the molecule is CC(=O)NCCCC[C@H](NC(=O)[C@H](C)NC(=O)CNC(=O)CNC(=O)[C@H](CCCCN)NC(=O)CNC(=O)[C@H](CC(C)C)NC(=O)CN)C(=O)N[C@@H](CCCNC(N)N)C(=O)N[C@@H](Cc1cnc[nH]1)C(=O)N[C@@H](CCCNC(N)N)C(=O)N[C@@H](CCCCN)C(=O)N[C@H](C(=O)N[C@@H](CC(C)C)C(=O)N[C@@H](CCCNC(N)N)C(=O)O)C(C)C. The summed E-state index contributed by atoms with van der Waals surface area (Å²) < 4.78 is 0. The van der Waals surface area contributed by atoms with E-state index < -0.39 is 200 Å². The van der Waals surface area contributed by atoms with Crippen LogP contribution in [-0.2, 0) is 83.1 Å². The number of aliphatic carboxylic acids is 1. The van der Waals surface area contributed by atoms with E-state index in [0.717, 1.165) is 0 Å². The quantitative estimate of drug-likeness (QED) is 0.0213. The molecule has 0 aliphatic carbocycles. The number of aromatic nitrogens is 2. The fourth-order valence-corrected chi connectivity index (χ4v) is 11.7. The third-order valence-electron chi connectivity index (χ3n) is 17.9. The van der Waals surface area contributed by atoms with Crippen LogP contribution >= 0.6 is 0 Å². The Hall–Kier alpha value is -9.75. The van der Waals surface area contributed by atoms with Crippen molar-refractivity contribution in [1.82, 2.24) is 106 Å². The molecule has 0 radical (unpaired) electrons. The Balaban J connectivity index is 3.63. The fraction of sp³-hybridized carbons (Fsp3) is 0.736. The molecule has 0 spiro atoms. The summed E-state index contributed by atoms with van der Waals surface area (Å²) in [6.45, 7) is 11.9. The first kappa shape index (κ1) is 106. The highest BCUT2D eigenvalue weighted by molar-refractivity contribution is 5.99. The first-order valence-corrected chi connectivity index (χ1v) is 40.1. The van der Waals surface area contributed by atoms with Gasteiger partial charge in [-0.25, -0.2) is 9.78 Å². The summed E-state index contributed by atoms with van der Waals surface area (Å²) in [7, 11) is 0. The predicted octanol–water partition coefficient (Wildman–Crippen LogP) is -10.3. The Morgan fingerprint density at radius 2 is 0.737 bits per heavy atom. The Labute approximate surface area is 688 Å². The van der Waals surface area contributed by atoms with Crippen molar-refractivity contribution in [1.29, 1.82) is 0 Å². The van der Waals surface area contributed by atoms with E-state index in [-0.39, 0.29) is 153 Å². The zero-order valence-corrected chi connectivity index (χ0v) is 69.4. The number of hydrogen-bond donors (Lipinski definition) is 29. The van der Waals surface area contributed by atoms with E-state index in [1.165, 1.54) is 26.4 Å². The van der Waals surface area contributed by atoms with Crippen LogP contribution in [0.25, 0.3) is 0 Å². The molecule has 11 atom stereocenters. The average molecular weight is 1680 g/mol. The minimum absolute atomic E-state index is 0.00925. The van der Waals surface area contributed by atoms with Crippen LogP contribution in [0, 0.1) is 17.8 Å². The first-order chi connectivity index (χ1) is 55.7. The summed E-state index contributed by atoms with van der Waals surface area (Å²) in [5, 5.41) is 56.9. The second-order valence-electron chi connectivity index (χ2n) is 29.9. The van der Waals surface area contributed by atoms with Gasteiger partial charge in [-0.2, -0.15) is 0 Å². The molecule has 38 N–H and O–H groups in total. The molecule has 0 fully saturated rings. The highest BCUT2D eigenvalue weighted by atomic mass is 16.4. The summed E-state index contributed by atoms with van der Waals surface area (Å²) in [4.78, 5) is 224. The van der Waals surface area contributed by atoms with Crippen LogP contribution in [0.3, 0.4) is 0 Å². The van der Waals surface area contributed by atoms with Crippen molar-refractivity contribution in [3.63, 3.8) is 0 Å². The van der Waals surface area contributed by atoms with E-state index >= 15 is 0 Å². The molecule has 118 heavy (non-hydrogen) atoms. The summed E-state index contributed by atoms with van der Waals surface area (Å²) in [5.41, 5.74) is 51.3. The molecule has 46 heteroatoms. The van der Waals surface area contributed by atoms with Gasteiger partial charge in [-0.15, -0.1) is 0 Å². The van der Waals surface area contributed by atoms with Crippen LogP contribution in [0.15, 0.2) is 12.5 Å². The molecular formula is C72H137N29O17. The number of hydrogen-bond acceptors (Lipinski definition) is 29. The molecule has 0 bridgehead atoms. The van der Waals surface area contributed by atoms with Gasteiger partial charge in [0.1, 0.15) is 85.3 Å². The first-order valence-electron chi connectivity index (χ1n) is 40.1. The third-order valence-corrected chi connectivity index (χ3v) is 17.9. The van der Waals surface area contributed by atoms with Crippen molar-refractivity contribution in [3.05, 3.63) is 18.2 Å². The number of carbonyl (C=O) groups is 16. The number of unbranched alkanes of at least 4 members (excludes halogenated alkanes) is 3. The van der Waals surface area contributed by atoms with E-state index in [4.69, 9.17) is 51.6 Å². The van der Waals surface area contributed by atoms with Gasteiger partial charge in [0.15, 0.2) is 0 Å². The molecule has 1 rings (SSSR count). The van der Waals surface area contributed by atoms with Crippen LogP contribution in [0.2, 0.25) is 0 Å². The van der Waals surface area contributed by atoms with Crippen LogP contribution in [0.1, 0.15) is 170 Å². The number of nitrogens with two attached hydrogens (primary N) is 9. The zero-order chi connectivity index (χ0) is 89.0. The molecule has 0 saturated carbocycles. The molecule has 1 aromatic rings. The number of imidazole rings is 1. The molecule has 0 saturated heterocycles. The van der Waals surface area contributed by atoms with Crippen LogP contribution in [-0.4, -0.2) is 260 Å². The molecule has 1 heterocycles. The van der Waals surface area contributed by atoms with Gasteiger partial charge >= 0.3 is 5.97 Å².